The van der Waals surface area contributed by atoms with Gasteiger partial charge in [0.1, 0.15) is 5.84 Å². The van der Waals surface area contributed by atoms with Crippen LogP contribution in [0.4, 0.5) is 11.4 Å². The van der Waals surface area contributed by atoms with Crippen LogP contribution in [0.1, 0.15) is 5.56 Å². The van der Waals surface area contributed by atoms with Crippen LogP contribution in [0.25, 0.3) is 0 Å². The molecule has 19 heavy (non-hydrogen) atoms. The van der Waals surface area contributed by atoms with Gasteiger partial charge >= 0.3 is 0 Å². The number of rotatable bonds is 2. The first-order chi connectivity index (χ1) is 9.24. The Bertz CT molecular complexity index is 602. The van der Waals surface area contributed by atoms with E-state index >= 15 is 0 Å². The number of anilines is 2. The molecule has 1 heterocycles. The van der Waals surface area contributed by atoms with Crippen LogP contribution in [0.3, 0.4) is 0 Å². The molecule has 0 radical (unpaired) electrons. The summed E-state index contributed by atoms with van der Waals surface area (Å²) in [6.07, 6.45) is 0. The standard InChI is InChI=1S/C15H14ClN3/c16-12-3-1-11(2-4-12)15-18-9-10-19(15)14-7-5-13(17)6-8-14/h1-8H,9-10,17H2. The van der Waals surface area contributed by atoms with E-state index in [0.717, 1.165) is 40.9 Å². The van der Waals surface area contributed by atoms with Crippen molar-refractivity contribution in [2.24, 2.45) is 4.99 Å². The molecule has 0 fully saturated rings. The average molecular weight is 272 g/mol. The molecular formula is C15H14ClN3. The number of nitrogen functional groups attached to an aromatic ring is 1. The second-order valence-corrected chi connectivity index (χ2v) is 4.89. The van der Waals surface area contributed by atoms with Crippen LogP contribution in [-0.4, -0.2) is 18.9 Å². The number of hydrogen-bond acceptors (Lipinski definition) is 3. The lowest BCUT2D eigenvalue weighted by Crippen LogP contribution is -2.28. The van der Waals surface area contributed by atoms with Crippen LogP contribution in [0, 0.1) is 0 Å². The van der Waals surface area contributed by atoms with Crippen LogP contribution in [0.5, 0.6) is 0 Å². The highest BCUT2D eigenvalue weighted by atomic mass is 35.5. The number of nitrogens with two attached hydrogens (primary N) is 1. The zero-order chi connectivity index (χ0) is 13.2. The average Bonchev–Trinajstić information content (AvgIpc) is 2.90. The summed E-state index contributed by atoms with van der Waals surface area (Å²) in [5.74, 6) is 0.987. The fourth-order valence-electron chi connectivity index (χ4n) is 2.20. The Hall–Kier alpha value is -2.00. The normalized spacial score (nSPS) is 14.6. The Morgan fingerprint density at radius 2 is 1.68 bits per heavy atom. The fourth-order valence-corrected chi connectivity index (χ4v) is 2.32. The third kappa shape index (κ3) is 2.42. The number of benzene rings is 2. The Balaban J connectivity index is 1.93. The zero-order valence-electron chi connectivity index (χ0n) is 10.4. The summed E-state index contributed by atoms with van der Waals surface area (Å²) in [6, 6.07) is 15.6. The summed E-state index contributed by atoms with van der Waals surface area (Å²) in [6.45, 7) is 1.70. The maximum absolute atomic E-state index is 5.92. The largest absolute Gasteiger partial charge is 0.399 e. The Morgan fingerprint density at radius 3 is 2.37 bits per heavy atom. The highest BCUT2D eigenvalue weighted by molar-refractivity contribution is 6.30. The number of halogens is 1. The molecule has 0 saturated carbocycles. The molecule has 0 saturated heterocycles. The highest BCUT2D eigenvalue weighted by Gasteiger charge is 2.19. The molecule has 0 spiro atoms. The molecule has 2 aromatic carbocycles. The Morgan fingerprint density at radius 1 is 1.00 bits per heavy atom. The lowest BCUT2D eigenvalue weighted by molar-refractivity contribution is 1.02. The van der Waals surface area contributed by atoms with E-state index in [1.165, 1.54) is 0 Å². The van der Waals surface area contributed by atoms with E-state index in [-0.39, 0.29) is 0 Å². The molecule has 0 aromatic heterocycles. The van der Waals surface area contributed by atoms with Crippen LogP contribution < -0.4 is 10.6 Å². The molecular weight excluding hydrogens is 258 g/mol. The lowest BCUT2D eigenvalue weighted by atomic mass is 10.2. The highest BCUT2D eigenvalue weighted by Crippen LogP contribution is 2.22. The summed E-state index contributed by atoms with van der Waals surface area (Å²) in [5.41, 5.74) is 8.69. The Kier molecular flexibility index (Phi) is 3.13. The molecule has 4 heteroatoms. The third-order valence-electron chi connectivity index (χ3n) is 3.15. The molecule has 2 N–H and O–H groups in total. The van der Waals surface area contributed by atoms with E-state index in [1.54, 1.807) is 0 Å². The van der Waals surface area contributed by atoms with Crippen LogP contribution in [0.15, 0.2) is 53.5 Å². The van der Waals surface area contributed by atoms with Crippen LogP contribution in [0.2, 0.25) is 5.02 Å². The minimum Gasteiger partial charge on any atom is -0.399 e. The molecule has 1 aliphatic heterocycles. The molecule has 3 nitrogen and oxygen atoms in total. The minimum atomic E-state index is 0.737. The number of aliphatic imine (C=N–C) groups is 1. The van der Waals surface area contributed by atoms with Crippen molar-refractivity contribution in [2.45, 2.75) is 0 Å². The number of hydrogen-bond donors (Lipinski definition) is 1. The molecule has 0 unspecified atom stereocenters. The van der Waals surface area contributed by atoms with Gasteiger partial charge in [-0.3, -0.25) is 4.99 Å². The molecule has 0 bridgehead atoms. The zero-order valence-corrected chi connectivity index (χ0v) is 11.1. The van der Waals surface area contributed by atoms with Gasteiger partial charge in [0.05, 0.1) is 6.54 Å². The third-order valence-corrected chi connectivity index (χ3v) is 3.40. The smallest absolute Gasteiger partial charge is 0.135 e. The van der Waals surface area contributed by atoms with Gasteiger partial charge in [0.2, 0.25) is 0 Å². The van der Waals surface area contributed by atoms with Gasteiger partial charge in [-0.15, -0.1) is 0 Å². The maximum Gasteiger partial charge on any atom is 0.135 e. The van der Waals surface area contributed by atoms with Gasteiger partial charge in [0.15, 0.2) is 0 Å². The topological polar surface area (TPSA) is 41.6 Å². The summed E-state index contributed by atoms with van der Waals surface area (Å²) in [5, 5.41) is 0.737. The van der Waals surface area contributed by atoms with Gasteiger partial charge in [-0.05, 0) is 48.5 Å². The van der Waals surface area contributed by atoms with Crippen molar-refractivity contribution < 1.29 is 0 Å². The summed E-state index contributed by atoms with van der Waals surface area (Å²) in [4.78, 5) is 6.78. The number of amidine groups is 1. The fraction of sp³-hybridized carbons (Fsp3) is 0.133. The van der Waals surface area contributed by atoms with Gasteiger partial charge in [0.25, 0.3) is 0 Å². The van der Waals surface area contributed by atoms with E-state index in [2.05, 4.69) is 9.89 Å². The van der Waals surface area contributed by atoms with Gasteiger partial charge in [-0.2, -0.15) is 0 Å². The summed E-state index contributed by atoms with van der Waals surface area (Å²) in [7, 11) is 0. The van der Waals surface area contributed by atoms with E-state index < -0.39 is 0 Å². The van der Waals surface area contributed by atoms with Crippen molar-refractivity contribution in [3.05, 3.63) is 59.1 Å². The van der Waals surface area contributed by atoms with Crippen molar-refractivity contribution in [1.82, 2.24) is 0 Å². The van der Waals surface area contributed by atoms with Crippen molar-refractivity contribution in [3.8, 4) is 0 Å². The number of nitrogens with zero attached hydrogens (tertiary/aromatic N) is 2. The van der Waals surface area contributed by atoms with Crippen molar-refractivity contribution in [3.63, 3.8) is 0 Å². The van der Waals surface area contributed by atoms with Crippen molar-refractivity contribution in [2.75, 3.05) is 23.7 Å². The minimum absolute atomic E-state index is 0.737. The summed E-state index contributed by atoms with van der Waals surface area (Å²) >= 11 is 5.92. The summed E-state index contributed by atoms with van der Waals surface area (Å²) < 4.78 is 0. The van der Waals surface area contributed by atoms with E-state index in [1.807, 2.05) is 48.5 Å². The van der Waals surface area contributed by atoms with Crippen LogP contribution >= 0.6 is 11.6 Å². The molecule has 0 atom stereocenters. The molecule has 1 aliphatic rings. The van der Waals surface area contributed by atoms with E-state index in [4.69, 9.17) is 17.3 Å². The molecule has 2 aromatic rings. The molecule has 3 rings (SSSR count). The monoisotopic (exact) mass is 271 g/mol. The van der Waals surface area contributed by atoms with Gasteiger partial charge in [0, 0.05) is 28.5 Å². The van der Waals surface area contributed by atoms with Crippen molar-refractivity contribution in [1.29, 1.82) is 0 Å². The van der Waals surface area contributed by atoms with Crippen molar-refractivity contribution >= 4 is 28.8 Å². The predicted molar refractivity (Wildman–Crippen MR) is 81.1 cm³/mol. The molecule has 0 amide bonds. The predicted octanol–water partition coefficient (Wildman–Crippen LogP) is 3.19. The SMILES string of the molecule is Nc1ccc(N2CCN=C2c2ccc(Cl)cc2)cc1. The second kappa shape index (κ2) is 4.94. The van der Waals surface area contributed by atoms with Gasteiger partial charge in [-0.1, -0.05) is 11.6 Å². The first kappa shape index (κ1) is 12.1. The van der Waals surface area contributed by atoms with Crippen LogP contribution in [-0.2, 0) is 0 Å². The quantitative estimate of drug-likeness (QED) is 0.853. The Labute approximate surface area is 117 Å². The molecule has 0 aliphatic carbocycles. The second-order valence-electron chi connectivity index (χ2n) is 4.46. The first-order valence-corrected chi connectivity index (χ1v) is 6.55. The van der Waals surface area contributed by atoms with E-state index in [9.17, 15) is 0 Å². The lowest BCUT2D eigenvalue weighted by Gasteiger charge is -2.20. The van der Waals surface area contributed by atoms with Gasteiger partial charge < -0.3 is 10.6 Å². The maximum atomic E-state index is 5.92. The molecule has 96 valence electrons. The van der Waals surface area contributed by atoms with Gasteiger partial charge in [-0.25, -0.2) is 0 Å². The first-order valence-electron chi connectivity index (χ1n) is 6.17. The van der Waals surface area contributed by atoms with E-state index in [0.29, 0.717) is 0 Å².